The van der Waals surface area contributed by atoms with Crippen molar-refractivity contribution in [3.63, 3.8) is 0 Å². The van der Waals surface area contributed by atoms with Crippen molar-refractivity contribution < 1.29 is 4.39 Å². The van der Waals surface area contributed by atoms with Crippen LogP contribution in [0.1, 0.15) is 5.56 Å². The monoisotopic (exact) mass is 371 g/mol. The van der Waals surface area contributed by atoms with Crippen LogP contribution >= 0.6 is 23.7 Å². The molecule has 0 radical (unpaired) electrons. The minimum Gasteiger partial charge on any atom is -0.340 e. The van der Waals surface area contributed by atoms with E-state index in [1.807, 2.05) is 0 Å². The summed E-state index contributed by atoms with van der Waals surface area (Å²) in [7, 11) is 0. The van der Waals surface area contributed by atoms with Crippen LogP contribution in [0.5, 0.6) is 0 Å². The van der Waals surface area contributed by atoms with Gasteiger partial charge in [-0.3, -0.25) is 0 Å². The van der Waals surface area contributed by atoms with E-state index >= 15 is 0 Å². The predicted octanol–water partition coefficient (Wildman–Crippen LogP) is 5.97. The van der Waals surface area contributed by atoms with Crippen LogP contribution in [-0.2, 0) is 0 Å². The standard InChI is InChI=1S/C19H14FN3S.ClH/c1-12-2-4-13(5-3-12)16-10-24-19-17(16)18(21-11-22-19)23-15-8-6-14(20)7-9-15;/h2-11H,1H3,(H,21,22,23);1H. The molecular weight excluding hydrogens is 357 g/mol. The van der Waals surface area contributed by atoms with Crippen LogP contribution in [0.3, 0.4) is 0 Å². The zero-order valence-electron chi connectivity index (χ0n) is 13.4. The van der Waals surface area contributed by atoms with Gasteiger partial charge in [0.15, 0.2) is 0 Å². The molecule has 2 aromatic carbocycles. The summed E-state index contributed by atoms with van der Waals surface area (Å²) in [5.41, 5.74) is 4.24. The Morgan fingerprint density at radius 1 is 0.960 bits per heavy atom. The number of nitrogens with zero attached hydrogens (tertiary/aromatic N) is 2. The number of aromatic nitrogens is 2. The molecule has 126 valence electrons. The van der Waals surface area contributed by atoms with Crippen LogP contribution in [0.15, 0.2) is 60.2 Å². The van der Waals surface area contributed by atoms with Crippen molar-refractivity contribution in [2.24, 2.45) is 0 Å². The molecule has 0 aliphatic carbocycles. The Hall–Kier alpha value is -2.50. The molecular formula is C19H15ClFN3S. The lowest BCUT2D eigenvalue weighted by molar-refractivity contribution is 0.628. The van der Waals surface area contributed by atoms with E-state index in [-0.39, 0.29) is 18.2 Å². The second-order valence-electron chi connectivity index (χ2n) is 5.55. The lowest BCUT2D eigenvalue weighted by atomic mass is 10.0. The van der Waals surface area contributed by atoms with Gasteiger partial charge in [0.2, 0.25) is 0 Å². The van der Waals surface area contributed by atoms with Gasteiger partial charge in [0.1, 0.15) is 22.8 Å². The van der Waals surface area contributed by atoms with Crippen molar-refractivity contribution in [1.82, 2.24) is 9.97 Å². The Kier molecular flexibility index (Phi) is 4.97. The third kappa shape index (κ3) is 3.48. The maximum Gasteiger partial charge on any atom is 0.143 e. The van der Waals surface area contributed by atoms with E-state index in [1.165, 1.54) is 17.7 Å². The molecule has 0 saturated carbocycles. The van der Waals surface area contributed by atoms with Gasteiger partial charge in [-0.15, -0.1) is 23.7 Å². The predicted molar refractivity (Wildman–Crippen MR) is 105 cm³/mol. The van der Waals surface area contributed by atoms with E-state index in [9.17, 15) is 4.39 Å². The number of anilines is 2. The lowest BCUT2D eigenvalue weighted by Crippen LogP contribution is -1.95. The first-order chi connectivity index (χ1) is 11.7. The molecule has 4 aromatic rings. The summed E-state index contributed by atoms with van der Waals surface area (Å²) >= 11 is 1.59. The Bertz CT molecular complexity index is 998. The zero-order valence-corrected chi connectivity index (χ0v) is 15.0. The van der Waals surface area contributed by atoms with Crippen molar-refractivity contribution in [1.29, 1.82) is 0 Å². The SMILES string of the molecule is Cc1ccc(-c2csc3ncnc(Nc4ccc(F)cc4)c23)cc1.Cl. The number of fused-ring (bicyclic) bond motifs is 1. The molecule has 4 rings (SSSR count). The van der Waals surface area contributed by atoms with E-state index in [2.05, 4.69) is 51.9 Å². The topological polar surface area (TPSA) is 37.8 Å². The van der Waals surface area contributed by atoms with E-state index in [0.29, 0.717) is 0 Å². The first kappa shape index (κ1) is 17.3. The van der Waals surface area contributed by atoms with Crippen LogP contribution < -0.4 is 5.32 Å². The minimum atomic E-state index is -0.260. The quantitative estimate of drug-likeness (QED) is 0.482. The first-order valence-electron chi connectivity index (χ1n) is 7.52. The van der Waals surface area contributed by atoms with Crippen molar-refractivity contribution >= 4 is 45.5 Å². The summed E-state index contributed by atoms with van der Waals surface area (Å²) in [4.78, 5) is 9.68. The highest BCUT2D eigenvalue weighted by Crippen LogP contribution is 2.37. The summed E-state index contributed by atoms with van der Waals surface area (Å²) in [6.07, 6.45) is 1.55. The highest BCUT2D eigenvalue weighted by atomic mass is 35.5. The second-order valence-corrected chi connectivity index (χ2v) is 6.41. The van der Waals surface area contributed by atoms with Crippen molar-refractivity contribution in [2.75, 3.05) is 5.32 Å². The third-order valence-electron chi connectivity index (χ3n) is 3.84. The minimum absolute atomic E-state index is 0. The Labute approximate surface area is 155 Å². The summed E-state index contributed by atoms with van der Waals surface area (Å²) < 4.78 is 13.1. The van der Waals surface area contributed by atoms with Gasteiger partial charge in [-0.2, -0.15) is 0 Å². The largest absolute Gasteiger partial charge is 0.340 e. The van der Waals surface area contributed by atoms with Crippen LogP contribution in [0.25, 0.3) is 21.3 Å². The molecule has 0 amide bonds. The number of thiophene rings is 1. The maximum absolute atomic E-state index is 13.1. The zero-order chi connectivity index (χ0) is 16.5. The van der Waals surface area contributed by atoms with Gasteiger partial charge in [0, 0.05) is 16.6 Å². The summed E-state index contributed by atoms with van der Waals surface area (Å²) in [6, 6.07) is 14.6. The van der Waals surface area contributed by atoms with Gasteiger partial charge in [-0.25, -0.2) is 14.4 Å². The molecule has 6 heteroatoms. The highest BCUT2D eigenvalue weighted by molar-refractivity contribution is 7.17. The average Bonchev–Trinajstić information content (AvgIpc) is 3.03. The molecule has 0 bridgehead atoms. The Morgan fingerprint density at radius 2 is 1.68 bits per heavy atom. The van der Waals surface area contributed by atoms with Crippen LogP contribution in [-0.4, -0.2) is 9.97 Å². The van der Waals surface area contributed by atoms with E-state index in [0.717, 1.165) is 32.8 Å². The molecule has 0 unspecified atom stereocenters. The molecule has 3 nitrogen and oxygen atoms in total. The van der Waals surface area contributed by atoms with Gasteiger partial charge in [-0.05, 0) is 36.8 Å². The van der Waals surface area contributed by atoms with Crippen LogP contribution in [0.2, 0.25) is 0 Å². The summed E-state index contributed by atoms with van der Waals surface area (Å²) in [6.45, 7) is 2.07. The maximum atomic E-state index is 13.1. The molecule has 2 aromatic heterocycles. The van der Waals surface area contributed by atoms with Gasteiger partial charge >= 0.3 is 0 Å². The Balaban J connectivity index is 0.00000182. The number of halogens is 2. The van der Waals surface area contributed by atoms with Crippen LogP contribution in [0.4, 0.5) is 15.9 Å². The van der Waals surface area contributed by atoms with Crippen molar-refractivity contribution in [2.45, 2.75) is 6.92 Å². The van der Waals surface area contributed by atoms with E-state index < -0.39 is 0 Å². The lowest BCUT2D eigenvalue weighted by Gasteiger charge is -2.08. The first-order valence-corrected chi connectivity index (χ1v) is 8.40. The molecule has 0 spiro atoms. The number of hydrogen-bond donors (Lipinski definition) is 1. The fourth-order valence-corrected chi connectivity index (χ4v) is 3.50. The van der Waals surface area contributed by atoms with E-state index in [1.54, 1.807) is 29.8 Å². The molecule has 25 heavy (non-hydrogen) atoms. The normalized spacial score (nSPS) is 10.5. The molecule has 1 N–H and O–H groups in total. The van der Waals surface area contributed by atoms with Crippen LogP contribution in [0, 0.1) is 12.7 Å². The Morgan fingerprint density at radius 3 is 2.40 bits per heavy atom. The fraction of sp³-hybridized carbons (Fsp3) is 0.0526. The highest BCUT2D eigenvalue weighted by Gasteiger charge is 2.13. The number of benzene rings is 2. The van der Waals surface area contributed by atoms with Gasteiger partial charge < -0.3 is 5.32 Å². The molecule has 0 aliphatic heterocycles. The smallest absolute Gasteiger partial charge is 0.143 e. The molecule has 0 atom stereocenters. The summed E-state index contributed by atoms with van der Waals surface area (Å²) in [5.74, 6) is 0.465. The third-order valence-corrected chi connectivity index (χ3v) is 4.73. The molecule has 0 aliphatic rings. The number of nitrogens with one attached hydrogen (secondary N) is 1. The van der Waals surface area contributed by atoms with Gasteiger partial charge in [-0.1, -0.05) is 29.8 Å². The fourth-order valence-electron chi connectivity index (χ4n) is 2.59. The van der Waals surface area contributed by atoms with Gasteiger partial charge in [0.05, 0.1) is 5.39 Å². The molecule has 2 heterocycles. The molecule has 0 saturated heterocycles. The number of hydrogen-bond acceptors (Lipinski definition) is 4. The number of aryl methyl sites for hydroxylation is 1. The molecule has 0 fully saturated rings. The summed E-state index contributed by atoms with van der Waals surface area (Å²) in [5, 5.41) is 6.35. The van der Waals surface area contributed by atoms with Gasteiger partial charge in [0.25, 0.3) is 0 Å². The van der Waals surface area contributed by atoms with Crippen molar-refractivity contribution in [3.8, 4) is 11.1 Å². The average molecular weight is 372 g/mol. The number of rotatable bonds is 3. The van der Waals surface area contributed by atoms with E-state index in [4.69, 9.17) is 0 Å². The second kappa shape index (κ2) is 7.17. The van der Waals surface area contributed by atoms with Crippen molar-refractivity contribution in [3.05, 3.63) is 71.6 Å².